The van der Waals surface area contributed by atoms with Crippen LogP contribution in [0.3, 0.4) is 0 Å². The number of benzene rings is 3. The molecule has 0 radical (unpaired) electrons. The molecular weight excluding hydrogens is 414 g/mol. The smallest absolute Gasteiger partial charge is 0.261 e. The minimum absolute atomic E-state index is 0.147. The Morgan fingerprint density at radius 3 is 2.48 bits per heavy atom. The lowest BCUT2D eigenvalue weighted by Crippen LogP contribution is -2.32. The van der Waals surface area contributed by atoms with E-state index >= 15 is 0 Å². The van der Waals surface area contributed by atoms with E-state index in [-0.39, 0.29) is 30.5 Å². The van der Waals surface area contributed by atoms with Gasteiger partial charge in [-0.25, -0.2) is 9.97 Å². The fourth-order valence-electron chi connectivity index (χ4n) is 3.96. The Bertz CT molecular complexity index is 1440. The predicted octanol–water partition coefficient (Wildman–Crippen LogP) is 3.76. The first kappa shape index (κ1) is 20.6. The van der Waals surface area contributed by atoms with Crippen LogP contribution in [0.5, 0.6) is 0 Å². The number of amides is 1. The van der Waals surface area contributed by atoms with Gasteiger partial charge in [0.25, 0.3) is 5.56 Å². The van der Waals surface area contributed by atoms with E-state index in [2.05, 4.69) is 15.3 Å². The highest BCUT2D eigenvalue weighted by Gasteiger charge is 2.19. The molecule has 0 aliphatic carbocycles. The molecule has 0 unspecified atom stereocenters. The van der Waals surface area contributed by atoms with E-state index in [0.717, 1.165) is 16.6 Å². The molecule has 0 aliphatic heterocycles. The van der Waals surface area contributed by atoms with Crippen molar-refractivity contribution in [1.29, 1.82) is 0 Å². The zero-order valence-electron chi connectivity index (χ0n) is 17.9. The number of carbonyl (C=O) groups is 1. The van der Waals surface area contributed by atoms with Crippen molar-refractivity contribution in [3.63, 3.8) is 0 Å². The number of aromatic nitrogens is 4. The maximum atomic E-state index is 12.9. The lowest BCUT2D eigenvalue weighted by molar-refractivity contribution is -0.122. The second-order valence-electron chi connectivity index (χ2n) is 7.96. The van der Waals surface area contributed by atoms with Gasteiger partial charge in [-0.2, -0.15) is 0 Å². The highest BCUT2D eigenvalue weighted by molar-refractivity contribution is 5.78. The molecule has 0 bridgehead atoms. The van der Waals surface area contributed by atoms with Crippen LogP contribution in [-0.4, -0.2) is 25.4 Å². The van der Waals surface area contributed by atoms with E-state index in [0.29, 0.717) is 23.1 Å². The van der Waals surface area contributed by atoms with Gasteiger partial charge in [-0.15, -0.1) is 0 Å². The summed E-state index contributed by atoms with van der Waals surface area (Å²) in [5.74, 6) is 0.550. The summed E-state index contributed by atoms with van der Waals surface area (Å²) in [6.07, 6.45) is 2.26. The third-order valence-electron chi connectivity index (χ3n) is 5.67. The van der Waals surface area contributed by atoms with E-state index in [4.69, 9.17) is 4.98 Å². The number of H-pyrrole nitrogens is 1. The number of carbonyl (C=O) groups excluding carboxylic acids is 1. The predicted molar refractivity (Wildman–Crippen MR) is 128 cm³/mol. The number of imidazole rings is 1. The van der Waals surface area contributed by atoms with Gasteiger partial charge in [-0.1, -0.05) is 54.6 Å². The molecule has 2 aromatic heterocycles. The number of aromatic amines is 1. The van der Waals surface area contributed by atoms with Crippen molar-refractivity contribution in [3.8, 4) is 0 Å². The highest BCUT2D eigenvalue weighted by Crippen LogP contribution is 2.20. The van der Waals surface area contributed by atoms with Gasteiger partial charge in [0.2, 0.25) is 5.91 Å². The highest BCUT2D eigenvalue weighted by atomic mass is 16.2. The van der Waals surface area contributed by atoms with Gasteiger partial charge in [0.1, 0.15) is 5.82 Å². The third-order valence-corrected chi connectivity index (χ3v) is 5.67. The van der Waals surface area contributed by atoms with Crippen molar-refractivity contribution in [2.75, 3.05) is 0 Å². The Morgan fingerprint density at radius 2 is 1.67 bits per heavy atom. The second-order valence-corrected chi connectivity index (χ2v) is 7.96. The minimum atomic E-state index is -0.321. The van der Waals surface area contributed by atoms with Gasteiger partial charge >= 0.3 is 0 Å². The first-order chi connectivity index (χ1) is 16.2. The number of nitrogens with zero attached hydrogens (tertiary/aromatic N) is 3. The molecule has 5 aromatic rings. The average molecular weight is 438 g/mol. The van der Waals surface area contributed by atoms with Gasteiger partial charge in [-0.05, 0) is 36.2 Å². The van der Waals surface area contributed by atoms with Gasteiger partial charge < -0.3 is 10.3 Å². The van der Waals surface area contributed by atoms with Crippen molar-refractivity contribution in [3.05, 3.63) is 107 Å². The van der Waals surface area contributed by atoms with Crippen molar-refractivity contribution < 1.29 is 4.79 Å². The van der Waals surface area contributed by atoms with Crippen molar-refractivity contribution >= 4 is 27.8 Å². The quantitative estimate of drug-likeness (QED) is 0.405. The molecule has 7 heteroatoms. The molecule has 2 heterocycles. The molecule has 1 atom stereocenters. The Balaban J connectivity index is 1.34. The average Bonchev–Trinajstić information content (AvgIpc) is 3.28. The van der Waals surface area contributed by atoms with Gasteiger partial charge in [0.15, 0.2) is 0 Å². The molecule has 0 aliphatic rings. The summed E-state index contributed by atoms with van der Waals surface area (Å²) in [5.41, 5.74) is 3.38. The van der Waals surface area contributed by atoms with Gasteiger partial charge in [-0.3, -0.25) is 14.2 Å². The fraction of sp³-hybridized carbons (Fsp3) is 0.154. The normalized spacial score (nSPS) is 12.1. The summed E-state index contributed by atoms with van der Waals surface area (Å²) in [5, 5.41) is 3.65. The molecule has 2 N–H and O–H groups in total. The number of aryl methyl sites for hydroxylation is 1. The zero-order chi connectivity index (χ0) is 22.6. The molecule has 0 fully saturated rings. The van der Waals surface area contributed by atoms with Crippen LogP contribution in [0.15, 0.2) is 90.0 Å². The fourth-order valence-corrected chi connectivity index (χ4v) is 3.96. The third kappa shape index (κ3) is 4.52. The van der Waals surface area contributed by atoms with Gasteiger partial charge in [0, 0.05) is 13.0 Å². The topological polar surface area (TPSA) is 92.7 Å². The molecule has 0 spiro atoms. The first-order valence-corrected chi connectivity index (χ1v) is 10.9. The van der Waals surface area contributed by atoms with Crippen molar-refractivity contribution in [2.45, 2.75) is 25.4 Å². The first-order valence-electron chi connectivity index (χ1n) is 10.9. The number of rotatable bonds is 7. The maximum absolute atomic E-state index is 12.9. The van der Waals surface area contributed by atoms with Crippen LogP contribution in [0.2, 0.25) is 0 Å². The molecule has 7 nitrogen and oxygen atoms in total. The van der Waals surface area contributed by atoms with Crippen LogP contribution < -0.4 is 10.9 Å². The molecular formula is C26H23N5O2. The second kappa shape index (κ2) is 9.08. The minimum Gasteiger partial charge on any atom is -0.346 e. The summed E-state index contributed by atoms with van der Waals surface area (Å²) < 4.78 is 1.48. The number of para-hydroxylation sites is 3. The molecule has 1 amide bonds. The zero-order valence-corrected chi connectivity index (χ0v) is 17.9. The van der Waals surface area contributed by atoms with E-state index < -0.39 is 0 Å². The van der Waals surface area contributed by atoms with E-state index in [1.807, 2.05) is 66.7 Å². The van der Waals surface area contributed by atoms with Crippen molar-refractivity contribution in [2.24, 2.45) is 0 Å². The molecule has 5 rings (SSSR count). The van der Waals surface area contributed by atoms with Crippen LogP contribution in [0.1, 0.15) is 23.9 Å². The summed E-state index contributed by atoms with van der Waals surface area (Å²) in [6, 6.07) is 24.7. The molecule has 164 valence electrons. The van der Waals surface area contributed by atoms with E-state index in [9.17, 15) is 9.59 Å². The van der Waals surface area contributed by atoms with Crippen LogP contribution in [0, 0.1) is 0 Å². The molecule has 33 heavy (non-hydrogen) atoms. The van der Waals surface area contributed by atoms with E-state index in [1.165, 1.54) is 10.9 Å². The standard InChI is InChI=1S/C26H23N5O2/c32-24(14-15-31-17-27-20-11-5-4-10-19(20)26(31)33)28-23(16-18-8-2-1-3-9-18)25-29-21-12-6-7-13-22(21)30-25/h1-13,17,23H,14-16H2,(H,28,32)(H,29,30)/t23-/m0/s1. The molecule has 3 aromatic carbocycles. The Kier molecular flexibility index (Phi) is 5.68. The molecule has 0 saturated heterocycles. The van der Waals surface area contributed by atoms with Crippen LogP contribution >= 0.6 is 0 Å². The Hall–Kier alpha value is -4.26. The summed E-state index contributed by atoms with van der Waals surface area (Å²) in [7, 11) is 0. The lowest BCUT2D eigenvalue weighted by Gasteiger charge is -2.17. The van der Waals surface area contributed by atoms with Crippen LogP contribution in [0.4, 0.5) is 0 Å². The SMILES string of the molecule is O=C(CCn1cnc2ccccc2c1=O)N[C@@H](Cc1ccccc1)c1nc2ccccc2[nH]1. The number of hydrogen-bond acceptors (Lipinski definition) is 4. The van der Waals surface area contributed by atoms with Crippen LogP contribution in [0.25, 0.3) is 21.9 Å². The Morgan fingerprint density at radius 1 is 0.939 bits per heavy atom. The summed E-state index contributed by atoms with van der Waals surface area (Å²) >= 11 is 0. The lowest BCUT2D eigenvalue weighted by atomic mass is 10.1. The van der Waals surface area contributed by atoms with Crippen LogP contribution in [-0.2, 0) is 17.8 Å². The number of nitrogens with one attached hydrogen (secondary N) is 2. The molecule has 0 saturated carbocycles. The van der Waals surface area contributed by atoms with Crippen molar-refractivity contribution in [1.82, 2.24) is 24.8 Å². The largest absolute Gasteiger partial charge is 0.346 e. The monoisotopic (exact) mass is 437 g/mol. The number of hydrogen-bond donors (Lipinski definition) is 2. The Labute approximate surface area is 190 Å². The van der Waals surface area contributed by atoms with Gasteiger partial charge in [0.05, 0.1) is 34.3 Å². The summed E-state index contributed by atoms with van der Waals surface area (Å²) in [4.78, 5) is 37.9. The number of fused-ring (bicyclic) bond motifs is 2. The maximum Gasteiger partial charge on any atom is 0.261 e. The van der Waals surface area contributed by atoms with E-state index in [1.54, 1.807) is 12.1 Å². The summed E-state index contributed by atoms with van der Waals surface area (Å²) in [6.45, 7) is 0.251.